The van der Waals surface area contributed by atoms with Gasteiger partial charge in [0, 0.05) is 24.9 Å². The van der Waals surface area contributed by atoms with Gasteiger partial charge in [-0.3, -0.25) is 0 Å². The molecule has 3 N–H and O–H groups in total. The molecule has 0 aliphatic carbocycles. The lowest BCUT2D eigenvalue weighted by atomic mass is 10.2. The van der Waals surface area contributed by atoms with Gasteiger partial charge < -0.3 is 10.7 Å². The van der Waals surface area contributed by atoms with Crippen LogP contribution in [0.5, 0.6) is 0 Å². The molecule has 1 aromatic heterocycles. The summed E-state index contributed by atoms with van der Waals surface area (Å²) in [6.07, 6.45) is 3.54. The third-order valence-electron chi connectivity index (χ3n) is 1.34. The number of nitrogens with zero attached hydrogens (tertiary/aromatic N) is 1. The number of hydrogen-bond donors (Lipinski definition) is 2. The summed E-state index contributed by atoms with van der Waals surface area (Å²) in [7, 11) is 0. The van der Waals surface area contributed by atoms with Gasteiger partial charge in [-0.15, -0.1) is 0 Å². The van der Waals surface area contributed by atoms with Crippen LogP contribution in [0.4, 0.5) is 0 Å². The molecular weight excluding hydrogens is 114 g/mol. The van der Waals surface area contributed by atoms with Gasteiger partial charge in [0.15, 0.2) is 0 Å². The minimum Gasteiger partial charge on any atom is -0.348 e. The number of aromatic amines is 1. The van der Waals surface area contributed by atoms with Gasteiger partial charge in [0.1, 0.15) is 5.82 Å². The van der Waals surface area contributed by atoms with Crippen molar-refractivity contribution in [3.8, 4) is 0 Å². The first-order valence-electron chi connectivity index (χ1n) is 3.04. The molecule has 50 valence electrons. The molecule has 0 amide bonds. The van der Waals surface area contributed by atoms with Crippen molar-refractivity contribution in [2.45, 2.75) is 12.8 Å². The van der Waals surface area contributed by atoms with Gasteiger partial charge in [-0.25, -0.2) is 4.98 Å². The maximum Gasteiger partial charge on any atom is 0.110 e. The van der Waals surface area contributed by atoms with E-state index in [-0.39, 0.29) is 0 Å². The van der Waals surface area contributed by atoms with Crippen molar-refractivity contribution >= 4 is 0 Å². The minimum absolute atomic E-state index is 0.347. The maximum absolute atomic E-state index is 5.40. The van der Waals surface area contributed by atoms with Crippen LogP contribution in [-0.2, 0) is 0 Å². The first kappa shape index (κ1) is 6.29. The summed E-state index contributed by atoms with van der Waals surface area (Å²) in [6.45, 7) is 2.69. The van der Waals surface area contributed by atoms with Crippen molar-refractivity contribution < 1.29 is 0 Å². The monoisotopic (exact) mass is 125 g/mol. The smallest absolute Gasteiger partial charge is 0.110 e. The normalized spacial score (nSPS) is 13.6. The Bertz CT molecular complexity index is 157. The lowest BCUT2D eigenvalue weighted by molar-refractivity contribution is 0.724. The molecule has 0 saturated heterocycles. The van der Waals surface area contributed by atoms with Crippen LogP contribution < -0.4 is 5.73 Å². The van der Waals surface area contributed by atoms with Crippen molar-refractivity contribution in [3.63, 3.8) is 0 Å². The van der Waals surface area contributed by atoms with Gasteiger partial charge in [-0.1, -0.05) is 6.92 Å². The molecule has 0 aromatic carbocycles. The highest BCUT2D eigenvalue weighted by Crippen LogP contribution is 2.05. The fraction of sp³-hybridized carbons (Fsp3) is 0.500. The predicted octanol–water partition coefficient (Wildman–Crippen LogP) is 0.472. The van der Waals surface area contributed by atoms with E-state index in [2.05, 4.69) is 9.97 Å². The van der Waals surface area contributed by atoms with Crippen molar-refractivity contribution in [1.82, 2.24) is 9.97 Å². The number of hydrogen-bond acceptors (Lipinski definition) is 2. The summed E-state index contributed by atoms with van der Waals surface area (Å²) in [6, 6.07) is 0. The SMILES string of the molecule is CC(CN)c1ncc[nH]1. The van der Waals surface area contributed by atoms with Gasteiger partial charge in [-0.2, -0.15) is 0 Å². The Kier molecular flexibility index (Phi) is 1.85. The molecule has 0 radical (unpaired) electrons. The molecule has 1 atom stereocenters. The summed E-state index contributed by atoms with van der Waals surface area (Å²) in [5, 5.41) is 0. The van der Waals surface area contributed by atoms with Crippen LogP contribution in [-0.4, -0.2) is 16.5 Å². The van der Waals surface area contributed by atoms with E-state index in [0.717, 1.165) is 5.82 Å². The quantitative estimate of drug-likeness (QED) is 0.603. The van der Waals surface area contributed by atoms with Gasteiger partial charge in [-0.05, 0) is 0 Å². The average Bonchev–Trinajstić information content (AvgIpc) is 2.37. The summed E-state index contributed by atoms with van der Waals surface area (Å²) in [5.41, 5.74) is 5.40. The molecule has 0 saturated carbocycles. The first-order valence-corrected chi connectivity index (χ1v) is 3.04. The highest BCUT2D eigenvalue weighted by atomic mass is 14.9. The van der Waals surface area contributed by atoms with E-state index in [4.69, 9.17) is 5.73 Å². The Morgan fingerprint density at radius 2 is 2.67 bits per heavy atom. The molecular formula is C6H11N3. The molecule has 0 fully saturated rings. The second-order valence-corrected chi connectivity index (χ2v) is 2.11. The number of nitrogens with two attached hydrogens (primary N) is 1. The van der Waals surface area contributed by atoms with Crippen LogP contribution in [0.15, 0.2) is 12.4 Å². The van der Waals surface area contributed by atoms with Crippen molar-refractivity contribution in [3.05, 3.63) is 18.2 Å². The van der Waals surface area contributed by atoms with Crippen LogP contribution in [0.3, 0.4) is 0 Å². The van der Waals surface area contributed by atoms with Crippen LogP contribution in [0.2, 0.25) is 0 Å². The molecule has 0 aliphatic heterocycles. The Morgan fingerprint density at radius 3 is 3.11 bits per heavy atom. The van der Waals surface area contributed by atoms with Gasteiger partial charge in [0.25, 0.3) is 0 Å². The molecule has 3 nitrogen and oxygen atoms in total. The fourth-order valence-corrected chi connectivity index (χ4v) is 0.659. The van der Waals surface area contributed by atoms with E-state index in [1.807, 2.05) is 13.1 Å². The molecule has 1 heterocycles. The van der Waals surface area contributed by atoms with E-state index in [1.165, 1.54) is 0 Å². The first-order chi connectivity index (χ1) is 4.34. The zero-order valence-electron chi connectivity index (χ0n) is 5.46. The number of aromatic nitrogens is 2. The Morgan fingerprint density at radius 1 is 1.89 bits per heavy atom. The Balaban J connectivity index is 2.65. The number of rotatable bonds is 2. The lowest BCUT2D eigenvalue weighted by Gasteiger charge is -2.01. The molecule has 0 bridgehead atoms. The third-order valence-corrected chi connectivity index (χ3v) is 1.34. The van der Waals surface area contributed by atoms with E-state index >= 15 is 0 Å². The fourth-order valence-electron chi connectivity index (χ4n) is 0.659. The average molecular weight is 125 g/mol. The van der Waals surface area contributed by atoms with Gasteiger partial charge in [0.05, 0.1) is 0 Å². The van der Waals surface area contributed by atoms with Crippen LogP contribution in [0.25, 0.3) is 0 Å². The largest absolute Gasteiger partial charge is 0.348 e. The molecule has 1 unspecified atom stereocenters. The predicted molar refractivity (Wildman–Crippen MR) is 36.1 cm³/mol. The van der Waals surface area contributed by atoms with E-state index in [0.29, 0.717) is 12.5 Å². The number of nitrogens with one attached hydrogen (secondary N) is 1. The highest BCUT2D eigenvalue weighted by Gasteiger charge is 2.02. The minimum atomic E-state index is 0.347. The summed E-state index contributed by atoms with van der Waals surface area (Å²) >= 11 is 0. The number of H-pyrrole nitrogens is 1. The second-order valence-electron chi connectivity index (χ2n) is 2.11. The van der Waals surface area contributed by atoms with Crippen LogP contribution in [0.1, 0.15) is 18.7 Å². The summed E-state index contributed by atoms with van der Waals surface area (Å²) in [5.74, 6) is 1.32. The zero-order chi connectivity index (χ0) is 6.69. The molecule has 3 heteroatoms. The third kappa shape index (κ3) is 1.29. The standard InChI is InChI=1S/C6H11N3/c1-5(4-7)6-8-2-3-9-6/h2-3,5H,4,7H2,1H3,(H,8,9). The molecule has 0 aliphatic rings. The topological polar surface area (TPSA) is 54.7 Å². The van der Waals surface area contributed by atoms with E-state index in [1.54, 1.807) is 6.20 Å². The van der Waals surface area contributed by atoms with Crippen molar-refractivity contribution in [2.24, 2.45) is 5.73 Å². The molecule has 1 aromatic rings. The Hall–Kier alpha value is -0.830. The van der Waals surface area contributed by atoms with Gasteiger partial charge >= 0.3 is 0 Å². The highest BCUT2D eigenvalue weighted by molar-refractivity contribution is 4.94. The summed E-state index contributed by atoms with van der Waals surface area (Å²) in [4.78, 5) is 7.05. The van der Waals surface area contributed by atoms with Crippen LogP contribution in [0, 0.1) is 0 Å². The van der Waals surface area contributed by atoms with Crippen LogP contribution >= 0.6 is 0 Å². The van der Waals surface area contributed by atoms with Gasteiger partial charge in [0.2, 0.25) is 0 Å². The summed E-state index contributed by atoms with van der Waals surface area (Å²) < 4.78 is 0. The number of imidazole rings is 1. The zero-order valence-corrected chi connectivity index (χ0v) is 5.46. The van der Waals surface area contributed by atoms with Crippen molar-refractivity contribution in [1.29, 1.82) is 0 Å². The maximum atomic E-state index is 5.40. The molecule has 1 rings (SSSR count). The lowest BCUT2D eigenvalue weighted by Crippen LogP contribution is -2.09. The molecule has 9 heavy (non-hydrogen) atoms. The van der Waals surface area contributed by atoms with E-state index in [9.17, 15) is 0 Å². The van der Waals surface area contributed by atoms with E-state index < -0.39 is 0 Å². The molecule has 0 spiro atoms. The Labute approximate surface area is 54.3 Å². The second kappa shape index (κ2) is 2.64. The van der Waals surface area contributed by atoms with Crippen molar-refractivity contribution in [2.75, 3.05) is 6.54 Å².